The molecular formula is C25H31N7O2. The van der Waals surface area contributed by atoms with Gasteiger partial charge < -0.3 is 19.7 Å². The molecule has 5 rings (SSSR count). The van der Waals surface area contributed by atoms with Gasteiger partial charge in [-0.1, -0.05) is 0 Å². The van der Waals surface area contributed by atoms with Crippen LogP contribution in [0.1, 0.15) is 46.1 Å². The molecule has 3 aromatic heterocycles. The Morgan fingerprint density at radius 1 is 1.00 bits per heavy atom. The topological polar surface area (TPSA) is 98.3 Å². The fraction of sp³-hybridized carbons (Fsp3) is 0.480. The van der Waals surface area contributed by atoms with E-state index < -0.39 is 0 Å². The van der Waals surface area contributed by atoms with Gasteiger partial charge in [0, 0.05) is 50.9 Å². The third-order valence-corrected chi connectivity index (χ3v) is 7.11. The first-order chi connectivity index (χ1) is 16.4. The quantitative estimate of drug-likeness (QED) is 0.638. The van der Waals surface area contributed by atoms with E-state index in [0.717, 1.165) is 72.7 Å². The maximum absolute atomic E-state index is 13.1. The van der Waals surface area contributed by atoms with E-state index in [1.54, 1.807) is 11.2 Å². The number of aromatic amines is 1. The number of pyridine rings is 2. The van der Waals surface area contributed by atoms with Crippen LogP contribution in [0.25, 0.3) is 11.0 Å². The standard InChI is InChI=1S/C25H31N7O2/c1-16-12-17(2)29-24(33)21(16)25(34)32-6-4-18(5-7-32)22-23-20(27-15-28-22)13-19(14-26-23)31-10-8-30(3)9-11-31/h12-15,18H,4-11H2,1-3H3,(H,29,33). The van der Waals surface area contributed by atoms with E-state index in [1.165, 1.54) is 0 Å². The number of anilines is 1. The Labute approximate surface area is 198 Å². The molecular weight excluding hydrogens is 430 g/mol. The van der Waals surface area contributed by atoms with Crippen LogP contribution in [0.5, 0.6) is 0 Å². The summed E-state index contributed by atoms with van der Waals surface area (Å²) in [6, 6.07) is 3.96. The lowest BCUT2D eigenvalue weighted by Crippen LogP contribution is -2.44. The van der Waals surface area contributed by atoms with Crippen LogP contribution in [0.3, 0.4) is 0 Å². The van der Waals surface area contributed by atoms with Gasteiger partial charge in [0.1, 0.15) is 17.4 Å². The maximum atomic E-state index is 13.1. The molecule has 0 atom stereocenters. The van der Waals surface area contributed by atoms with Gasteiger partial charge in [-0.05, 0) is 51.4 Å². The smallest absolute Gasteiger partial charge is 0.261 e. The number of rotatable bonds is 3. The summed E-state index contributed by atoms with van der Waals surface area (Å²) in [5.41, 5.74) is 5.17. The highest BCUT2D eigenvalue weighted by atomic mass is 16.2. The number of piperidine rings is 1. The summed E-state index contributed by atoms with van der Waals surface area (Å²) in [6.45, 7) is 8.85. The van der Waals surface area contributed by atoms with E-state index in [1.807, 2.05) is 26.1 Å². The summed E-state index contributed by atoms with van der Waals surface area (Å²) < 4.78 is 0. The Bertz CT molecular complexity index is 1270. The minimum Gasteiger partial charge on any atom is -0.368 e. The average molecular weight is 462 g/mol. The number of likely N-dealkylation sites (N-methyl/N-ethyl adjacent to an activating group) is 1. The van der Waals surface area contributed by atoms with Crippen molar-refractivity contribution in [3.63, 3.8) is 0 Å². The zero-order valence-corrected chi connectivity index (χ0v) is 20.0. The monoisotopic (exact) mass is 461 g/mol. The Hall–Kier alpha value is -3.33. The molecule has 178 valence electrons. The van der Waals surface area contributed by atoms with Crippen molar-refractivity contribution in [3.05, 3.63) is 57.5 Å². The highest BCUT2D eigenvalue weighted by molar-refractivity contribution is 5.95. The molecule has 2 fully saturated rings. The molecule has 2 aliphatic rings. The second kappa shape index (κ2) is 9.13. The molecule has 0 aliphatic carbocycles. The van der Waals surface area contributed by atoms with Crippen LogP contribution in [0.4, 0.5) is 5.69 Å². The first-order valence-corrected chi connectivity index (χ1v) is 11.9. The predicted molar refractivity (Wildman–Crippen MR) is 131 cm³/mol. The van der Waals surface area contributed by atoms with Crippen molar-refractivity contribution < 1.29 is 4.79 Å². The Morgan fingerprint density at radius 2 is 1.74 bits per heavy atom. The molecule has 5 heterocycles. The number of hydrogen-bond acceptors (Lipinski definition) is 7. The lowest BCUT2D eigenvalue weighted by Gasteiger charge is -2.34. The summed E-state index contributed by atoms with van der Waals surface area (Å²) >= 11 is 0. The number of piperazine rings is 1. The lowest BCUT2D eigenvalue weighted by molar-refractivity contribution is 0.0709. The van der Waals surface area contributed by atoms with E-state index >= 15 is 0 Å². The van der Waals surface area contributed by atoms with E-state index in [4.69, 9.17) is 4.98 Å². The van der Waals surface area contributed by atoms with Gasteiger partial charge in [0.05, 0.1) is 23.1 Å². The van der Waals surface area contributed by atoms with Crippen LogP contribution in [-0.2, 0) is 0 Å². The zero-order valence-electron chi connectivity index (χ0n) is 20.0. The van der Waals surface area contributed by atoms with Crippen molar-refractivity contribution >= 4 is 22.6 Å². The second-order valence-electron chi connectivity index (χ2n) is 9.52. The fourth-order valence-electron chi connectivity index (χ4n) is 5.12. The van der Waals surface area contributed by atoms with Gasteiger partial charge in [0.15, 0.2) is 0 Å². The maximum Gasteiger partial charge on any atom is 0.261 e. The molecule has 2 saturated heterocycles. The van der Waals surface area contributed by atoms with Crippen molar-refractivity contribution in [2.75, 3.05) is 51.2 Å². The number of carbonyl (C=O) groups is 1. The van der Waals surface area contributed by atoms with Crippen LogP contribution in [-0.4, -0.2) is 82.0 Å². The summed E-state index contributed by atoms with van der Waals surface area (Å²) in [6.07, 6.45) is 5.12. The Balaban J connectivity index is 1.32. The third-order valence-electron chi connectivity index (χ3n) is 7.11. The molecule has 3 aromatic rings. The second-order valence-corrected chi connectivity index (χ2v) is 9.52. The van der Waals surface area contributed by atoms with Gasteiger partial charge in [0.2, 0.25) is 0 Å². The first-order valence-electron chi connectivity index (χ1n) is 11.9. The highest BCUT2D eigenvalue weighted by Gasteiger charge is 2.29. The number of nitrogens with one attached hydrogen (secondary N) is 1. The Kier molecular flexibility index (Phi) is 6.03. The average Bonchev–Trinajstić information content (AvgIpc) is 2.83. The molecule has 1 amide bonds. The summed E-state index contributed by atoms with van der Waals surface area (Å²) in [5.74, 6) is 0.00799. The van der Waals surface area contributed by atoms with Gasteiger partial charge in [-0.3, -0.25) is 14.6 Å². The number of aromatic nitrogens is 4. The number of nitrogens with zero attached hydrogens (tertiary/aromatic N) is 6. The van der Waals surface area contributed by atoms with Crippen LogP contribution in [0.15, 0.2) is 29.5 Å². The third kappa shape index (κ3) is 4.27. The molecule has 0 radical (unpaired) electrons. The minimum atomic E-state index is -0.313. The fourth-order valence-corrected chi connectivity index (χ4v) is 5.12. The van der Waals surface area contributed by atoms with Crippen LogP contribution < -0.4 is 10.5 Å². The molecule has 34 heavy (non-hydrogen) atoms. The van der Waals surface area contributed by atoms with Gasteiger partial charge in [0.25, 0.3) is 11.5 Å². The molecule has 0 spiro atoms. The first kappa shape index (κ1) is 22.5. The van der Waals surface area contributed by atoms with Crippen molar-refractivity contribution in [3.8, 4) is 0 Å². The van der Waals surface area contributed by atoms with Crippen molar-refractivity contribution in [1.82, 2.24) is 29.7 Å². The predicted octanol–water partition coefficient (Wildman–Crippen LogP) is 2.10. The largest absolute Gasteiger partial charge is 0.368 e. The number of amides is 1. The molecule has 0 bridgehead atoms. The minimum absolute atomic E-state index is 0.195. The van der Waals surface area contributed by atoms with Crippen molar-refractivity contribution in [2.24, 2.45) is 0 Å². The van der Waals surface area contributed by atoms with Gasteiger partial charge >= 0.3 is 0 Å². The van der Waals surface area contributed by atoms with Crippen LogP contribution in [0.2, 0.25) is 0 Å². The van der Waals surface area contributed by atoms with E-state index in [0.29, 0.717) is 13.1 Å². The molecule has 9 heteroatoms. The van der Waals surface area contributed by atoms with Gasteiger partial charge in [-0.25, -0.2) is 9.97 Å². The number of hydrogen-bond donors (Lipinski definition) is 1. The van der Waals surface area contributed by atoms with Crippen molar-refractivity contribution in [1.29, 1.82) is 0 Å². The summed E-state index contributed by atoms with van der Waals surface area (Å²) in [7, 11) is 2.15. The van der Waals surface area contributed by atoms with E-state index in [-0.39, 0.29) is 22.9 Å². The summed E-state index contributed by atoms with van der Waals surface area (Å²) in [4.78, 5) is 48.6. The molecule has 1 N–H and O–H groups in total. The molecule has 0 aromatic carbocycles. The SMILES string of the molecule is Cc1cc(C)c(C(=O)N2CCC(c3ncnc4cc(N5CCN(C)CC5)cnc34)CC2)c(=O)[nH]1. The van der Waals surface area contributed by atoms with Crippen molar-refractivity contribution in [2.45, 2.75) is 32.6 Å². The highest BCUT2D eigenvalue weighted by Crippen LogP contribution is 2.31. The number of fused-ring (bicyclic) bond motifs is 1. The van der Waals surface area contributed by atoms with E-state index in [9.17, 15) is 9.59 Å². The molecule has 0 unspecified atom stereocenters. The normalized spacial score (nSPS) is 18.0. The Morgan fingerprint density at radius 3 is 2.44 bits per heavy atom. The number of aryl methyl sites for hydroxylation is 2. The number of likely N-dealkylation sites (tertiary alicyclic amines) is 1. The number of carbonyl (C=O) groups excluding carboxylic acids is 1. The molecule has 2 aliphatic heterocycles. The number of H-pyrrole nitrogens is 1. The molecule has 0 saturated carbocycles. The van der Waals surface area contributed by atoms with Gasteiger partial charge in [-0.2, -0.15) is 0 Å². The lowest BCUT2D eigenvalue weighted by atomic mass is 9.91. The summed E-state index contributed by atoms with van der Waals surface area (Å²) in [5, 5.41) is 0. The van der Waals surface area contributed by atoms with Crippen LogP contribution in [0, 0.1) is 13.8 Å². The van der Waals surface area contributed by atoms with E-state index in [2.05, 4.69) is 37.9 Å². The molecule has 9 nitrogen and oxygen atoms in total. The zero-order chi connectivity index (χ0) is 23.8. The van der Waals surface area contributed by atoms with Gasteiger partial charge in [-0.15, -0.1) is 0 Å². The van der Waals surface area contributed by atoms with Crippen LogP contribution >= 0.6 is 0 Å².